The number of hydrogen-bond donors (Lipinski definition) is 2. The van der Waals surface area contributed by atoms with Crippen molar-refractivity contribution in [1.29, 1.82) is 0 Å². The zero-order valence-corrected chi connectivity index (χ0v) is 19.4. The third-order valence-electron chi connectivity index (χ3n) is 5.72. The Morgan fingerprint density at radius 3 is 2.77 bits per heavy atom. The number of nitrogens with one attached hydrogen (secondary N) is 2. The minimum atomic E-state index is 0.0395. The predicted octanol–water partition coefficient (Wildman–Crippen LogP) is 2.58. The number of amides is 1. The van der Waals surface area contributed by atoms with Gasteiger partial charge in [-0.05, 0) is 45.6 Å². The first-order valence-electron chi connectivity index (χ1n) is 11.4. The first-order valence-corrected chi connectivity index (χ1v) is 11.4. The Kier molecular flexibility index (Phi) is 10.1. The van der Waals surface area contributed by atoms with Gasteiger partial charge in [0.15, 0.2) is 11.7 Å². The zero-order valence-electron chi connectivity index (χ0n) is 19.4. The highest BCUT2D eigenvalue weighted by molar-refractivity contribution is 5.81. The fraction of sp³-hybridized carbons (Fsp3) is 0.773. The number of aliphatic imine (C=N–C) groups is 1. The maximum Gasteiger partial charge on any atom is 0.239 e. The van der Waals surface area contributed by atoms with Crippen LogP contribution >= 0.6 is 0 Å². The minimum Gasteiger partial charge on any atom is -0.359 e. The van der Waals surface area contributed by atoms with Crippen molar-refractivity contribution in [3.05, 3.63) is 17.5 Å². The second-order valence-corrected chi connectivity index (χ2v) is 8.13. The highest BCUT2D eigenvalue weighted by atomic mass is 16.5. The molecule has 1 aromatic rings. The van der Waals surface area contributed by atoms with E-state index in [0.29, 0.717) is 12.5 Å². The normalized spacial score (nSPS) is 17.5. The molecular formula is C22H40N6O2. The van der Waals surface area contributed by atoms with Gasteiger partial charge in [0, 0.05) is 45.7 Å². The molecule has 8 heteroatoms. The van der Waals surface area contributed by atoms with E-state index in [4.69, 9.17) is 4.52 Å². The Balaban J connectivity index is 1.80. The molecule has 0 bridgehead atoms. The molecule has 8 nitrogen and oxygen atoms in total. The van der Waals surface area contributed by atoms with Gasteiger partial charge in [0.1, 0.15) is 6.54 Å². The summed E-state index contributed by atoms with van der Waals surface area (Å²) < 4.78 is 5.47. The summed E-state index contributed by atoms with van der Waals surface area (Å²) in [4.78, 5) is 21.0. The number of hydrogen-bond acceptors (Lipinski definition) is 5. The van der Waals surface area contributed by atoms with E-state index in [-0.39, 0.29) is 11.9 Å². The van der Waals surface area contributed by atoms with Gasteiger partial charge in [-0.2, -0.15) is 0 Å². The summed E-state index contributed by atoms with van der Waals surface area (Å²) in [6, 6.07) is 2.07. The molecule has 2 heterocycles. The van der Waals surface area contributed by atoms with Crippen LogP contribution in [0, 0.1) is 0 Å². The zero-order chi connectivity index (χ0) is 21.9. The van der Waals surface area contributed by atoms with E-state index in [1.54, 1.807) is 4.90 Å². The van der Waals surface area contributed by atoms with Crippen molar-refractivity contribution in [3.63, 3.8) is 0 Å². The highest BCUT2D eigenvalue weighted by Crippen LogP contribution is 2.22. The maximum absolute atomic E-state index is 12.3. The molecule has 1 unspecified atom stereocenters. The molecule has 0 saturated carbocycles. The Morgan fingerprint density at radius 2 is 2.10 bits per heavy atom. The summed E-state index contributed by atoms with van der Waals surface area (Å²) in [7, 11) is 3.67. The molecule has 1 fully saturated rings. The third-order valence-corrected chi connectivity index (χ3v) is 5.72. The molecule has 1 saturated heterocycles. The van der Waals surface area contributed by atoms with Gasteiger partial charge in [0.2, 0.25) is 5.91 Å². The Hall–Kier alpha value is -2.09. The first-order chi connectivity index (χ1) is 14.5. The molecule has 1 aliphatic rings. The van der Waals surface area contributed by atoms with Crippen molar-refractivity contribution in [3.8, 4) is 0 Å². The van der Waals surface area contributed by atoms with Crippen LogP contribution in [-0.4, -0.2) is 73.1 Å². The van der Waals surface area contributed by atoms with Crippen LogP contribution in [0.3, 0.4) is 0 Å². The second-order valence-electron chi connectivity index (χ2n) is 8.13. The highest BCUT2D eigenvalue weighted by Gasteiger charge is 2.30. The summed E-state index contributed by atoms with van der Waals surface area (Å²) in [5, 5.41) is 10.9. The van der Waals surface area contributed by atoms with Crippen molar-refractivity contribution in [2.24, 2.45) is 4.99 Å². The minimum absolute atomic E-state index is 0.0395. The molecule has 0 radical (unpaired) electrons. The number of carbonyl (C=O) groups is 1. The quantitative estimate of drug-likeness (QED) is 0.325. The van der Waals surface area contributed by atoms with Gasteiger partial charge in [-0.3, -0.25) is 9.69 Å². The lowest BCUT2D eigenvalue weighted by molar-refractivity contribution is -0.133. The van der Waals surface area contributed by atoms with Gasteiger partial charge >= 0.3 is 0 Å². The molecule has 1 aromatic heterocycles. The Bertz CT molecular complexity index is 668. The molecule has 1 amide bonds. The van der Waals surface area contributed by atoms with E-state index in [1.165, 1.54) is 0 Å². The lowest BCUT2D eigenvalue weighted by atomic mass is 9.99. The fourth-order valence-electron chi connectivity index (χ4n) is 3.96. The van der Waals surface area contributed by atoms with Crippen LogP contribution in [0.15, 0.2) is 15.6 Å². The Labute approximate surface area is 181 Å². The number of aromatic nitrogens is 1. The van der Waals surface area contributed by atoms with E-state index < -0.39 is 0 Å². The van der Waals surface area contributed by atoms with E-state index >= 15 is 0 Å². The summed E-state index contributed by atoms with van der Waals surface area (Å²) in [6.45, 7) is 10.4. The smallest absolute Gasteiger partial charge is 0.239 e. The van der Waals surface area contributed by atoms with E-state index in [2.05, 4.69) is 46.5 Å². The second kappa shape index (κ2) is 12.6. The molecule has 2 N–H and O–H groups in total. The number of guanidine groups is 1. The van der Waals surface area contributed by atoms with Crippen LogP contribution in [0.25, 0.3) is 0 Å². The van der Waals surface area contributed by atoms with E-state index in [1.807, 2.05) is 20.2 Å². The molecule has 30 heavy (non-hydrogen) atoms. The largest absolute Gasteiger partial charge is 0.359 e. The number of nitrogens with zero attached hydrogens (tertiary/aromatic N) is 4. The number of carbonyl (C=O) groups excluding carboxylic acids is 1. The maximum atomic E-state index is 12.3. The molecule has 0 spiro atoms. The van der Waals surface area contributed by atoms with Crippen molar-refractivity contribution in [2.45, 2.75) is 71.4 Å². The summed E-state index contributed by atoms with van der Waals surface area (Å²) in [5.74, 6) is 2.23. The number of rotatable bonds is 11. The first kappa shape index (κ1) is 24.2. The van der Waals surface area contributed by atoms with Crippen molar-refractivity contribution >= 4 is 11.9 Å². The van der Waals surface area contributed by atoms with Crippen molar-refractivity contribution < 1.29 is 9.32 Å². The van der Waals surface area contributed by atoms with Crippen LogP contribution in [0.2, 0.25) is 0 Å². The summed E-state index contributed by atoms with van der Waals surface area (Å²) in [5.41, 5.74) is 1.02. The topological polar surface area (TPSA) is 86.0 Å². The molecule has 1 aliphatic heterocycles. The van der Waals surface area contributed by atoms with Gasteiger partial charge in [0.05, 0.1) is 11.7 Å². The summed E-state index contributed by atoms with van der Waals surface area (Å²) in [6.07, 6.45) is 5.15. The van der Waals surface area contributed by atoms with Crippen LogP contribution in [-0.2, 0) is 11.3 Å². The van der Waals surface area contributed by atoms with Gasteiger partial charge in [0.25, 0.3) is 0 Å². The van der Waals surface area contributed by atoms with Crippen LogP contribution < -0.4 is 10.6 Å². The number of likely N-dealkylation sites (tertiary alicyclic amines) is 1. The average Bonchev–Trinajstić information content (AvgIpc) is 3.39. The van der Waals surface area contributed by atoms with Crippen molar-refractivity contribution in [1.82, 2.24) is 25.6 Å². The molecule has 1 atom stereocenters. The van der Waals surface area contributed by atoms with Crippen molar-refractivity contribution in [2.75, 3.05) is 40.3 Å². The van der Waals surface area contributed by atoms with Crippen LogP contribution in [0.4, 0.5) is 0 Å². The predicted molar refractivity (Wildman–Crippen MR) is 121 cm³/mol. The lowest BCUT2D eigenvalue weighted by Gasteiger charge is -2.26. The van der Waals surface area contributed by atoms with Gasteiger partial charge in [-0.25, -0.2) is 4.99 Å². The molecule has 0 aliphatic carbocycles. The lowest BCUT2D eigenvalue weighted by Crippen LogP contribution is -2.44. The Morgan fingerprint density at radius 1 is 1.33 bits per heavy atom. The van der Waals surface area contributed by atoms with Gasteiger partial charge in [-0.15, -0.1) is 0 Å². The SMILES string of the molecule is CCNC(=NCc1cc(C(CC)CC)no1)NCCCN1CCCC1C(=O)N(C)C. The standard InChI is InChI=1S/C22H40N6O2/c1-6-17(7-2)19-15-18(30-26-19)16-25-22(23-8-3)24-12-10-14-28-13-9-11-20(28)21(29)27(4)5/h15,17,20H,6-14,16H2,1-5H3,(H2,23,24,25). The summed E-state index contributed by atoms with van der Waals surface area (Å²) >= 11 is 0. The van der Waals surface area contributed by atoms with Gasteiger partial charge < -0.3 is 20.1 Å². The monoisotopic (exact) mass is 420 g/mol. The number of likely N-dealkylation sites (N-methyl/N-ethyl adjacent to an activating group) is 1. The third kappa shape index (κ3) is 7.00. The average molecular weight is 421 g/mol. The van der Waals surface area contributed by atoms with E-state index in [9.17, 15) is 4.79 Å². The van der Waals surface area contributed by atoms with E-state index in [0.717, 1.165) is 75.7 Å². The van der Waals surface area contributed by atoms with Crippen LogP contribution in [0.1, 0.15) is 70.2 Å². The molecule has 170 valence electrons. The molecule has 0 aromatic carbocycles. The van der Waals surface area contributed by atoms with Gasteiger partial charge in [-0.1, -0.05) is 19.0 Å². The molecule has 2 rings (SSSR count). The fourth-order valence-corrected chi connectivity index (χ4v) is 3.96. The molecular weight excluding hydrogens is 380 g/mol. The van der Waals surface area contributed by atoms with Crippen LogP contribution in [0.5, 0.6) is 0 Å².